The summed E-state index contributed by atoms with van der Waals surface area (Å²) in [6, 6.07) is 23.4. The Morgan fingerprint density at radius 2 is 1.76 bits per heavy atom. The summed E-state index contributed by atoms with van der Waals surface area (Å²) >= 11 is 0. The molecule has 0 radical (unpaired) electrons. The summed E-state index contributed by atoms with van der Waals surface area (Å²) in [5, 5.41) is 20.8. The summed E-state index contributed by atoms with van der Waals surface area (Å²) in [6.07, 6.45) is 0. The average Bonchev–Trinajstić information content (AvgIpc) is 2.67. The molecule has 1 aliphatic heterocycles. The Labute approximate surface area is 145 Å². The van der Waals surface area contributed by atoms with E-state index in [9.17, 15) is 10.5 Å². The molecule has 2 N–H and O–H groups in total. The van der Waals surface area contributed by atoms with Gasteiger partial charge in [-0.05, 0) is 23.1 Å². The van der Waals surface area contributed by atoms with Crippen LogP contribution in [0.1, 0.15) is 22.6 Å². The van der Waals surface area contributed by atoms with Gasteiger partial charge in [0.25, 0.3) is 0 Å². The van der Waals surface area contributed by atoms with E-state index in [1.165, 1.54) is 0 Å². The predicted molar refractivity (Wildman–Crippen MR) is 94.4 cm³/mol. The molecule has 1 heterocycles. The smallest absolute Gasteiger partial charge is 0.205 e. The van der Waals surface area contributed by atoms with Crippen LogP contribution >= 0.6 is 0 Å². The Kier molecular flexibility index (Phi) is 3.38. The molecular formula is C21H13N3O. The van der Waals surface area contributed by atoms with E-state index in [0.717, 1.165) is 21.9 Å². The zero-order valence-electron chi connectivity index (χ0n) is 13.2. The number of ether oxygens (including phenoxy) is 1. The van der Waals surface area contributed by atoms with E-state index in [0.29, 0.717) is 16.9 Å². The molecule has 1 atom stereocenters. The van der Waals surface area contributed by atoms with Gasteiger partial charge in [0.15, 0.2) is 0 Å². The maximum absolute atomic E-state index is 9.63. The Balaban J connectivity index is 2.02. The third-order valence-corrected chi connectivity index (χ3v) is 4.46. The minimum absolute atomic E-state index is 0.110. The number of rotatable bonds is 1. The molecule has 1 aliphatic rings. The van der Waals surface area contributed by atoms with Crippen molar-refractivity contribution in [1.82, 2.24) is 0 Å². The molecule has 3 aromatic carbocycles. The predicted octanol–water partition coefficient (Wildman–Crippen LogP) is 3.93. The van der Waals surface area contributed by atoms with Gasteiger partial charge in [-0.3, -0.25) is 0 Å². The van der Waals surface area contributed by atoms with E-state index in [-0.39, 0.29) is 11.8 Å². The lowest BCUT2D eigenvalue weighted by Crippen LogP contribution is -2.21. The van der Waals surface area contributed by atoms with Crippen molar-refractivity contribution >= 4 is 10.8 Å². The van der Waals surface area contributed by atoms with Crippen LogP contribution in [0.2, 0.25) is 0 Å². The van der Waals surface area contributed by atoms with Crippen molar-refractivity contribution < 1.29 is 4.74 Å². The summed E-state index contributed by atoms with van der Waals surface area (Å²) in [4.78, 5) is 0. The number of nitrogens with two attached hydrogens (primary N) is 1. The number of hydrogen-bond donors (Lipinski definition) is 1. The molecule has 0 spiro atoms. The molecule has 25 heavy (non-hydrogen) atoms. The number of nitriles is 2. The first-order valence-corrected chi connectivity index (χ1v) is 7.82. The number of hydrogen-bond acceptors (Lipinski definition) is 4. The van der Waals surface area contributed by atoms with Crippen LogP contribution in [0.4, 0.5) is 0 Å². The van der Waals surface area contributed by atoms with Crippen molar-refractivity contribution in [2.24, 2.45) is 5.73 Å². The van der Waals surface area contributed by atoms with Crippen molar-refractivity contribution in [1.29, 1.82) is 10.5 Å². The van der Waals surface area contributed by atoms with Crippen LogP contribution in [-0.2, 0) is 0 Å². The van der Waals surface area contributed by atoms with Crippen molar-refractivity contribution in [3.8, 4) is 17.9 Å². The fraction of sp³-hybridized carbons (Fsp3) is 0.0476. The third kappa shape index (κ3) is 2.29. The van der Waals surface area contributed by atoms with Gasteiger partial charge < -0.3 is 10.5 Å². The molecule has 4 rings (SSSR count). The van der Waals surface area contributed by atoms with E-state index in [4.69, 9.17) is 10.5 Å². The number of benzene rings is 3. The molecule has 118 valence electrons. The average molecular weight is 323 g/mol. The van der Waals surface area contributed by atoms with Gasteiger partial charge in [0.05, 0.1) is 17.6 Å². The fourth-order valence-electron chi connectivity index (χ4n) is 3.32. The van der Waals surface area contributed by atoms with Crippen molar-refractivity contribution in [3.63, 3.8) is 0 Å². The summed E-state index contributed by atoms with van der Waals surface area (Å²) in [5.74, 6) is 0.423. The standard InChI is InChI=1S/C21H13N3O/c22-11-13-4-3-6-15(10-13)19-17-9-8-14-5-1-2-7-16(14)20(17)25-21(24)18(19)12-23/h1-10,19H,24H2. The summed E-state index contributed by atoms with van der Waals surface area (Å²) in [5.41, 5.74) is 8.69. The second-order valence-electron chi connectivity index (χ2n) is 5.87. The fourth-order valence-corrected chi connectivity index (χ4v) is 3.32. The molecule has 0 fully saturated rings. The van der Waals surface area contributed by atoms with Crippen LogP contribution in [0.25, 0.3) is 10.8 Å². The minimum atomic E-state index is -0.355. The molecule has 0 bridgehead atoms. The Hall–Kier alpha value is -3.76. The zero-order chi connectivity index (χ0) is 17.4. The summed E-state index contributed by atoms with van der Waals surface area (Å²) < 4.78 is 5.83. The van der Waals surface area contributed by atoms with Crippen molar-refractivity contribution in [2.75, 3.05) is 0 Å². The van der Waals surface area contributed by atoms with Crippen molar-refractivity contribution in [2.45, 2.75) is 5.92 Å². The molecule has 0 amide bonds. The Morgan fingerprint density at radius 3 is 2.56 bits per heavy atom. The molecule has 0 aliphatic carbocycles. The lowest BCUT2D eigenvalue weighted by atomic mass is 9.82. The molecule has 3 aromatic rings. The van der Waals surface area contributed by atoms with Crippen LogP contribution in [-0.4, -0.2) is 0 Å². The lowest BCUT2D eigenvalue weighted by Gasteiger charge is -2.27. The van der Waals surface area contributed by atoms with Gasteiger partial charge in [0.2, 0.25) is 5.88 Å². The SMILES string of the molecule is N#CC1=C(N)Oc2c(ccc3ccccc23)C1c1cccc(C#N)c1. The minimum Gasteiger partial charge on any atom is -0.440 e. The number of fused-ring (bicyclic) bond motifs is 3. The second-order valence-corrected chi connectivity index (χ2v) is 5.87. The first-order chi connectivity index (χ1) is 12.2. The molecule has 1 unspecified atom stereocenters. The van der Waals surface area contributed by atoms with Crippen molar-refractivity contribution in [3.05, 3.63) is 88.8 Å². The van der Waals surface area contributed by atoms with E-state index in [2.05, 4.69) is 12.1 Å². The zero-order valence-corrected chi connectivity index (χ0v) is 13.2. The molecule has 0 saturated heterocycles. The molecule has 0 saturated carbocycles. The van der Waals surface area contributed by atoms with Crippen LogP contribution in [0.5, 0.6) is 5.75 Å². The second kappa shape index (κ2) is 5.70. The quantitative estimate of drug-likeness (QED) is 0.735. The van der Waals surface area contributed by atoms with E-state index in [1.54, 1.807) is 12.1 Å². The molecule has 4 heteroatoms. The summed E-state index contributed by atoms with van der Waals surface area (Å²) in [6.45, 7) is 0. The third-order valence-electron chi connectivity index (χ3n) is 4.46. The van der Waals surface area contributed by atoms with Gasteiger partial charge in [-0.1, -0.05) is 48.5 Å². The van der Waals surface area contributed by atoms with Crippen LogP contribution in [0.15, 0.2) is 72.1 Å². The Bertz CT molecular complexity index is 1120. The highest BCUT2D eigenvalue weighted by molar-refractivity contribution is 5.90. The number of nitrogens with zero attached hydrogens (tertiary/aromatic N) is 2. The van der Waals surface area contributed by atoms with Gasteiger partial charge in [-0.15, -0.1) is 0 Å². The topological polar surface area (TPSA) is 82.8 Å². The van der Waals surface area contributed by atoms with E-state index >= 15 is 0 Å². The normalized spacial score (nSPS) is 15.8. The van der Waals surface area contributed by atoms with Crippen LogP contribution in [0, 0.1) is 22.7 Å². The van der Waals surface area contributed by atoms with E-state index in [1.807, 2.05) is 48.5 Å². The van der Waals surface area contributed by atoms with Gasteiger partial charge in [-0.2, -0.15) is 10.5 Å². The van der Waals surface area contributed by atoms with Gasteiger partial charge in [-0.25, -0.2) is 0 Å². The van der Waals surface area contributed by atoms with Gasteiger partial charge >= 0.3 is 0 Å². The highest BCUT2D eigenvalue weighted by Crippen LogP contribution is 2.45. The first-order valence-electron chi connectivity index (χ1n) is 7.82. The Morgan fingerprint density at radius 1 is 0.920 bits per heavy atom. The monoisotopic (exact) mass is 323 g/mol. The van der Waals surface area contributed by atoms with E-state index < -0.39 is 0 Å². The molecule has 0 aromatic heterocycles. The highest BCUT2D eigenvalue weighted by Gasteiger charge is 2.31. The molecular weight excluding hydrogens is 310 g/mol. The highest BCUT2D eigenvalue weighted by atomic mass is 16.5. The lowest BCUT2D eigenvalue weighted by molar-refractivity contribution is 0.398. The largest absolute Gasteiger partial charge is 0.440 e. The number of allylic oxidation sites excluding steroid dienone is 1. The maximum Gasteiger partial charge on any atom is 0.205 e. The molecule has 4 nitrogen and oxygen atoms in total. The first kappa shape index (κ1) is 14.8. The maximum atomic E-state index is 9.63. The van der Waals surface area contributed by atoms with Gasteiger partial charge in [0.1, 0.15) is 17.4 Å². The van der Waals surface area contributed by atoms with Gasteiger partial charge in [0, 0.05) is 10.9 Å². The van der Waals surface area contributed by atoms with Crippen LogP contribution < -0.4 is 10.5 Å². The van der Waals surface area contributed by atoms with Crippen LogP contribution in [0.3, 0.4) is 0 Å². The summed E-state index contributed by atoms with van der Waals surface area (Å²) in [7, 11) is 0.